The highest BCUT2D eigenvalue weighted by molar-refractivity contribution is 7.98. The summed E-state index contributed by atoms with van der Waals surface area (Å²) < 4.78 is 18.9. The van der Waals surface area contributed by atoms with E-state index >= 15 is 0 Å². The van der Waals surface area contributed by atoms with E-state index in [2.05, 4.69) is 102 Å². The Kier molecular flexibility index (Phi) is 7.18. The lowest BCUT2D eigenvalue weighted by Gasteiger charge is -2.27. The maximum atomic E-state index is 6.56. The van der Waals surface area contributed by atoms with Crippen LogP contribution >= 0.6 is 11.8 Å². The van der Waals surface area contributed by atoms with Crippen LogP contribution in [0.3, 0.4) is 0 Å². The lowest BCUT2D eigenvalue weighted by atomic mass is 10.0. The SMILES string of the molecule is CSc1cc2c(cc1N(c1ccc(-c3nc4ccccc4o3)cc1)c1cccc(-c3nc4ccccc4o3)c1)oc1ccc(-c3ccccc3)cc12. The molecule has 52 heavy (non-hydrogen) atoms. The topological polar surface area (TPSA) is 68.4 Å². The zero-order valence-corrected chi connectivity index (χ0v) is 28.8. The number of benzene rings is 7. The maximum Gasteiger partial charge on any atom is 0.227 e. The molecule has 0 atom stereocenters. The molecule has 248 valence electrons. The number of anilines is 3. The van der Waals surface area contributed by atoms with E-state index in [0.29, 0.717) is 11.8 Å². The minimum absolute atomic E-state index is 0.571. The summed E-state index contributed by atoms with van der Waals surface area (Å²) in [4.78, 5) is 12.9. The van der Waals surface area contributed by atoms with Crippen LogP contribution in [0, 0.1) is 0 Å². The first kappa shape index (κ1) is 30.3. The Bertz CT molecular complexity index is 2840. The van der Waals surface area contributed by atoms with Gasteiger partial charge in [0.05, 0.1) is 5.69 Å². The van der Waals surface area contributed by atoms with Crippen LogP contribution < -0.4 is 4.90 Å². The van der Waals surface area contributed by atoms with Gasteiger partial charge in [-0.05, 0) is 102 Å². The number of rotatable bonds is 7. The lowest BCUT2D eigenvalue weighted by Crippen LogP contribution is -2.11. The van der Waals surface area contributed by atoms with E-state index in [4.69, 9.17) is 23.2 Å². The van der Waals surface area contributed by atoms with Crippen LogP contribution in [0.15, 0.2) is 176 Å². The highest BCUT2D eigenvalue weighted by atomic mass is 32.2. The Balaban J connectivity index is 1.13. The molecular weight excluding hydrogens is 663 g/mol. The van der Waals surface area contributed by atoms with Crippen LogP contribution in [0.4, 0.5) is 17.1 Å². The van der Waals surface area contributed by atoms with E-state index in [0.717, 1.165) is 82.8 Å². The molecule has 0 aliphatic heterocycles. The van der Waals surface area contributed by atoms with E-state index in [1.165, 1.54) is 5.56 Å². The molecule has 7 heteroatoms. The van der Waals surface area contributed by atoms with Gasteiger partial charge in [-0.25, -0.2) is 9.97 Å². The molecule has 0 amide bonds. The summed E-state index contributed by atoms with van der Waals surface area (Å²) >= 11 is 1.71. The number of hydrogen-bond donors (Lipinski definition) is 0. The number of oxazole rings is 2. The van der Waals surface area contributed by atoms with Crippen LogP contribution in [0.2, 0.25) is 0 Å². The Morgan fingerprint density at radius 2 is 1.08 bits per heavy atom. The van der Waals surface area contributed by atoms with E-state index in [1.807, 2.05) is 66.7 Å². The molecule has 0 saturated heterocycles. The number of furan rings is 1. The third-order valence-electron chi connectivity index (χ3n) is 9.43. The molecule has 3 aromatic heterocycles. The molecule has 10 rings (SSSR count). The highest BCUT2D eigenvalue weighted by Gasteiger charge is 2.21. The zero-order valence-electron chi connectivity index (χ0n) is 28.0. The molecule has 0 aliphatic rings. The Hall–Kier alpha value is -6.57. The van der Waals surface area contributed by atoms with E-state index in [1.54, 1.807) is 11.8 Å². The van der Waals surface area contributed by atoms with Gasteiger partial charge >= 0.3 is 0 Å². The number of nitrogens with zero attached hydrogens (tertiary/aromatic N) is 3. The van der Waals surface area contributed by atoms with Gasteiger partial charge in [-0.15, -0.1) is 11.8 Å². The fraction of sp³-hybridized carbons (Fsp3) is 0.0222. The van der Waals surface area contributed by atoms with Crippen LogP contribution in [-0.4, -0.2) is 16.2 Å². The zero-order chi connectivity index (χ0) is 34.6. The first-order valence-electron chi connectivity index (χ1n) is 17.0. The van der Waals surface area contributed by atoms with E-state index < -0.39 is 0 Å². The van der Waals surface area contributed by atoms with Crippen molar-refractivity contribution < 1.29 is 13.3 Å². The summed E-state index contributed by atoms with van der Waals surface area (Å²) in [5, 5.41) is 2.16. The summed E-state index contributed by atoms with van der Waals surface area (Å²) in [6.45, 7) is 0. The van der Waals surface area contributed by atoms with Crippen molar-refractivity contribution in [3.8, 4) is 34.0 Å². The van der Waals surface area contributed by atoms with Crippen LogP contribution in [-0.2, 0) is 0 Å². The fourth-order valence-corrected chi connectivity index (χ4v) is 7.49. The number of fused-ring (bicyclic) bond motifs is 5. The standard InChI is InChI=1S/C45H29N3O3S/c1-52-43-26-35-34-25-30(28-10-3-2-4-11-28)20-23-39(34)49-42(35)27-38(43)48(32-21-18-29(19-22-32)44-46-36-14-5-7-16-40(36)50-44)33-13-9-12-31(24-33)45-47-37-15-6-8-17-41(37)51-45/h2-27H,1H3. The first-order valence-corrected chi connectivity index (χ1v) is 18.2. The number of para-hydroxylation sites is 4. The normalized spacial score (nSPS) is 11.6. The molecule has 7 aromatic carbocycles. The second-order valence-electron chi connectivity index (χ2n) is 12.6. The van der Waals surface area contributed by atoms with Crippen molar-refractivity contribution in [1.29, 1.82) is 0 Å². The van der Waals surface area contributed by atoms with Crippen molar-refractivity contribution in [3.05, 3.63) is 158 Å². The third kappa shape index (κ3) is 5.22. The monoisotopic (exact) mass is 691 g/mol. The molecule has 0 bridgehead atoms. The second kappa shape index (κ2) is 12.3. The predicted molar refractivity (Wildman–Crippen MR) is 212 cm³/mol. The van der Waals surface area contributed by atoms with Gasteiger partial charge in [0.15, 0.2) is 11.2 Å². The number of thioether (sulfide) groups is 1. The Morgan fingerprint density at radius 3 is 1.79 bits per heavy atom. The molecule has 6 nitrogen and oxygen atoms in total. The molecule has 0 N–H and O–H groups in total. The van der Waals surface area contributed by atoms with Gasteiger partial charge in [0.1, 0.15) is 22.2 Å². The third-order valence-corrected chi connectivity index (χ3v) is 10.2. The number of aromatic nitrogens is 2. The van der Waals surface area contributed by atoms with Gasteiger partial charge in [-0.3, -0.25) is 0 Å². The van der Waals surface area contributed by atoms with Crippen molar-refractivity contribution in [1.82, 2.24) is 9.97 Å². The molecule has 0 saturated carbocycles. The molecule has 10 aromatic rings. The quantitative estimate of drug-likeness (QED) is 0.154. The van der Waals surface area contributed by atoms with Crippen LogP contribution in [0.1, 0.15) is 0 Å². The molecule has 0 radical (unpaired) electrons. The summed E-state index contributed by atoms with van der Waals surface area (Å²) in [5.41, 5.74) is 11.9. The van der Waals surface area contributed by atoms with Crippen molar-refractivity contribution in [2.24, 2.45) is 0 Å². The second-order valence-corrected chi connectivity index (χ2v) is 13.5. The molecular formula is C45H29N3O3S. The fourth-order valence-electron chi connectivity index (χ4n) is 6.89. The Labute approximate surface area is 303 Å². The molecule has 0 spiro atoms. The molecule has 0 aliphatic carbocycles. The summed E-state index contributed by atoms with van der Waals surface area (Å²) in [6, 6.07) is 53.6. The van der Waals surface area contributed by atoms with Gasteiger partial charge in [-0.1, -0.05) is 66.7 Å². The van der Waals surface area contributed by atoms with Gasteiger partial charge in [-0.2, -0.15) is 0 Å². The predicted octanol–water partition coefficient (Wildman–Crippen LogP) is 13.1. The average molecular weight is 692 g/mol. The number of hydrogen-bond acceptors (Lipinski definition) is 7. The largest absolute Gasteiger partial charge is 0.456 e. The van der Waals surface area contributed by atoms with Crippen molar-refractivity contribution in [2.45, 2.75) is 4.90 Å². The van der Waals surface area contributed by atoms with Gasteiger partial charge in [0, 0.05) is 44.2 Å². The van der Waals surface area contributed by atoms with E-state index in [9.17, 15) is 0 Å². The summed E-state index contributed by atoms with van der Waals surface area (Å²) in [7, 11) is 0. The van der Waals surface area contributed by atoms with Crippen molar-refractivity contribution >= 4 is 73.0 Å². The van der Waals surface area contributed by atoms with Gasteiger partial charge < -0.3 is 18.2 Å². The lowest BCUT2D eigenvalue weighted by molar-refractivity contribution is 0.619. The van der Waals surface area contributed by atoms with Crippen LogP contribution in [0.25, 0.3) is 78.2 Å². The van der Waals surface area contributed by atoms with Crippen molar-refractivity contribution in [3.63, 3.8) is 0 Å². The Morgan fingerprint density at radius 1 is 0.442 bits per heavy atom. The van der Waals surface area contributed by atoms with Gasteiger partial charge in [0.2, 0.25) is 11.8 Å². The molecule has 0 unspecified atom stereocenters. The van der Waals surface area contributed by atoms with Crippen molar-refractivity contribution in [2.75, 3.05) is 11.2 Å². The van der Waals surface area contributed by atoms with E-state index in [-0.39, 0.29) is 0 Å². The smallest absolute Gasteiger partial charge is 0.227 e. The van der Waals surface area contributed by atoms with Crippen LogP contribution in [0.5, 0.6) is 0 Å². The average Bonchev–Trinajstić information content (AvgIpc) is 3.93. The summed E-state index contributed by atoms with van der Waals surface area (Å²) in [6.07, 6.45) is 2.12. The summed E-state index contributed by atoms with van der Waals surface area (Å²) in [5.74, 6) is 1.15. The molecule has 0 fully saturated rings. The first-order chi connectivity index (χ1) is 25.7. The van der Waals surface area contributed by atoms with Gasteiger partial charge in [0.25, 0.3) is 0 Å². The highest BCUT2D eigenvalue weighted by Crippen LogP contribution is 2.45. The minimum Gasteiger partial charge on any atom is -0.456 e. The minimum atomic E-state index is 0.571. The molecule has 3 heterocycles. The maximum absolute atomic E-state index is 6.56.